The van der Waals surface area contributed by atoms with Gasteiger partial charge >= 0.3 is 0 Å². The van der Waals surface area contributed by atoms with Gasteiger partial charge in [-0.2, -0.15) is 0 Å². The zero-order valence-corrected chi connectivity index (χ0v) is 18.1. The number of pyridine rings is 1. The number of aromatic nitrogens is 1. The highest BCUT2D eigenvalue weighted by Crippen LogP contribution is 2.26. The fraction of sp³-hybridized carbons (Fsp3) is 0.333. The number of aryl methyl sites for hydroxylation is 1. The summed E-state index contributed by atoms with van der Waals surface area (Å²) in [6.07, 6.45) is 1.07. The van der Waals surface area contributed by atoms with E-state index in [0.29, 0.717) is 18.8 Å². The first-order valence-electron chi connectivity index (χ1n) is 10.5. The Kier molecular flexibility index (Phi) is 6.55. The van der Waals surface area contributed by atoms with Gasteiger partial charge < -0.3 is 9.88 Å². The standard InChI is InChI=1S/C24H27N3O2S/c1-2-27-21-10-6-5-9-20(21)22(15-24(27)29)30-17-23(28)25-12-14-26-13-11-18-7-3-4-8-19(18)16-26/h3-10,15H,2,11-14,16-17H2,1H3,(H,25,28). The van der Waals surface area contributed by atoms with E-state index in [1.807, 2.05) is 31.2 Å². The quantitative estimate of drug-likeness (QED) is 0.595. The summed E-state index contributed by atoms with van der Waals surface area (Å²) in [5.41, 5.74) is 3.72. The lowest BCUT2D eigenvalue weighted by Crippen LogP contribution is -2.38. The minimum absolute atomic E-state index is 0.00107. The number of fused-ring (bicyclic) bond motifs is 2. The van der Waals surface area contributed by atoms with E-state index in [9.17, 15) is 9.59 Å². The van der Waals surface area contributed by atoms with Gasteiger partial charge in [0, 0.05) is 49.1 Å². The van der Waals surface area contributed by atoms with Crippen molar-refractivity contribution < 1.29 is 4.79 Å². The molecule has 3 aromatic rings. The largest absolute Gasteiger partial charge is 0.354 e. The molecule has 0 bridgehead atoms. The average molecular weight is 422 g/mol. The minimum Gasteiger partial charge on any atom is -0.354 e. The van der Waals surface area contributed by atoms with E-state index in [0.717, 1.165) is 41.9 Å². The molecule has 2 heterocycles. The van der Waals surface area contributed by atoms with Gasteiger partial charge in [-0.05, 0) is 30.5 Å². The van der Waals surface area contributed by atoms with Crippen LogP contribution >= 0.6 is 11.8 Å². The number of nitrogens with one attached hydrogen (secondary N) is 1. The highest BCUT2D eigenvalue weighted by atomic mass is 32.2. The fourth-order valence-corrected chi connectivity index (χ4v) is 4.94. The molecule has 1 N–H and O–H groups in total. The van der Waals surface area contributed by atoms with Crippen LogP contribution < -0.4 is 10.9 Å². The molecule has 30 heavy (non-hydrogen) atoms. The molecule has 0 saturated carbocycles. The number of thioether (sulfide) groups is 1. The van der Waals surface area contributed by atoms with Gasteiger partial charge in [-0.3, -0.25) is 14.5 Å². The molecule has 2 aromatic carbocycles. The number of carbonyl (C=O) groups is 1. The third-order valence-corrected chi connectivity index (χ3v) is 6.67. The van der Waals surface area contributed by atoms with Crippen molar-refractivity contribution in [1.29, 1.82) is 0 Å². The molecule has 156 valence electrons. The van der Waals surface area contributed by atoms with Crippen LogP contribution in [0.2, 0.25) is 0 Å². The summed E-state index contributed by atoms with van der Waals surface area (Å²) in [5, 5.41) is 4.04. The first kappa shape index (κ1) is 20.7. The molecule has 0 radical (unpaired) electrons. The zero-order valence-electron chi connectivity index (χ0n) is 17.3. The van der Waals surface area contributed by atoms with E-state index in [1.165, 1.54) is 22.9 Å². The van der Waals surface area contributed by atoms with Gasteiger partial charge in [0.1, 0.15) is 0 Å². The second kappa shape index (κ2) is 9.49. The lowest BCUT2D eigenvalue weighted by molar-refractivity contribution is -0.118. The normalized spacial score (nSPS) is 13.9. The molecule has 0 aliphatic carbocycles. The Hall–Kier alpha value is -2.57. The highest BCUT2D eigenvalue weighted by molar-refractivity contribution is 8.00. The molecule has 4 rings (SSSR count). The fourth-order valence-electron chi connectivity index (χ4n) is 4.04. The van der Waals surface area contributed by atoms with E-state index in [2.05, 4.69) is 34.5 Å². The molecular weight excluding hydrogens is 394 g/mol. The maximum atomic E-state index is 12.4. The van der Waals surface area contributed by atoms with E-state index in [1.54, 1.807) is 10.6 Å². The molecule has 1 aliphatic heterocycles. The van der Waals surface area contributed by atoms with Crippen molar-refractivity contribution in [3.8, 4) is 0 Å². The number of amides is 1. The Bertz CT molecular complexity index is 1110. The van der Waals surface area contributed by atoms with Crippen molar-refractivity contribution in [1.82, 2.24) is 14.8 Å². The van der Waals surface area contributed by atoms with Gasteiger partial charge in [-0.25, -0.2) is 0 Å². The lowest BCUT2D eigenvalue weighted by atomic mass is 10.00. The molecule has 0 saturated heterocycles. The Morgan fingerprint density at radius 2 is 1.87 bits per heavy atom. The van der Waals surface area contributed by atoms with Crippen LogP contribution in [0.4, 0.5) is 0 Å². The maximum Gasteiger partial charge on any atom is 0.252 e. The maximum absolute atomic E-state index is 12.4. The highest BCUT2D eigenvalue weighted by Gasteiger charge is 2.15. The summed E-state index contributed by atoms with van der Waals surface area (Å²) < 4.78 is 1.76. The predicted octanol–water partition coefficient (Wildman–Crippen LogP) is 3.29. The van der Waals surface area contributed by atoms with Crippen molar-refractivity contribution in [3.63, 3.8) is 0 Å². The number of carbonyl (C=O) groups excluding carboxylic acids is 1. The second-order valence-corrected chi connectivity index (χ2v) is 8.56. The van der Waals surface area contributed by atoms with E-state index in [4.69, 9.17) is 0 Å². The number of hydrogen-bond acceptors (Lipinski definition) is 4. The van der Waals surface area contributed by atoms with Gasteiger partial charge in [0.2, 0.25) is 5.91 Å². The van der Waals surface area contributed by atoms with E-state index >= 15 is 0 Å². The topological polar surface area (TPSA) is 54.3 Å². The molecule has 1 aliphatic rings. The van der Waals surface area contributed by atoms with Crippen molar-refractivity contribution >= 4 is 28.6 Å². The van der Waals surface area contributed by atoms with E-state index < -0.39 is 0 Å². The zero-order chi connectivity index (χ0) is 20.9. The SMILES string of the molecule is CCn1c(=O)cc(SCC(=O)NCCN2CCc3ccccc3C2)c2ccccc21. The van der Waals surface area contributed by atoms with Gasteiger partial charge in [0.25, 0.3) is 5.56 Å². The molecule has 6 heteroatoms. The van der Waals surface area contributed by atoms with Crippen molar-refractivity contribution in [3.05, 3.63) is 76.1 Å². The van der Waals surface area contributed by atoms with Gasteiger partial charge in [0.15, 0.2) is 0 Å². The van der Waals surface area contributed by atoms with Crippen molar-refractivity contribution in [2.24, 2.45) is 0 Å². The summed E-state index contributed by atoms with van der Waals surface area (Å²) in [6.45, 7) is 6.06. The minimum atomic E-state index is -0.0236. The average Bonchev–Trinajstić information content (AvgIpc) is 2.77. The predicted molar refractivity (Wildman–Crippen MR) is 123 cm³/mol. The number of benzene rings is 2. The summed E-state index contributed by atoms with van der Waals surface area (Å²) in [7, 11) is 0. The third-order valence-electron chi connectivity index (χ3n) is 5.62. The third kappa shape index (κ3) is 4.60. The molecule has 0 atom stereocenters. The van der Waals surface area contributed by atoms with Crippen LogP contribution in [-0.4, -0.2) is 40.8 Å². The van der Waals surface area contributed by atoms with Crippen LogP contribution in [0.3, 0.4) is 0 Å². The van der Waals surface area contributed by atoms with Crippen LogP contribution in [0.25, 0.3) is 10.9 Å². The summed E-state index contributed by atoms with van der Waals surface area (Å²) >= 11 is 1.43. The van der Waals surface area contributed by atoms with Gasteiger partial charge in [-0.1, -0.05) is 42.5 Å². The number of hydrogen-bond donors (Lipinski definition) is 1. The number of nitrogens with zero attached hydrogens (tertiary/aromatic N) is 2. The van der Waals surface area contributed by atoms with Crippen molar-refractivity contribution in [2.75, 3.05) is 25.4 Å². The summed E-state index contributed by atoms with van der Waals surface area (Å²) in [4.78, 5) is 28.0. The van der Waals surface area contributed by atoms with Crippen LogP contribution in [0.1, 0.15) is 18.1 Å². The Labute approximate surface area is 181 Å². The summed E-state index contributed by atoms with van der Waals surface area (Å²) in [6, 6.07) is 18.1. The second-order valence-electron chi connectivity index (χ2n) is 7.54. The van der Waals surface area contributed by atoms with Gasteiger partial charge in [-0.15, -0.1) is 11.8 Å². The van der Waals surface area contributed by atoms with Crippen LogP contribution in [0.5, 0.6) is 0 Å². The molecule has 0 unspecified atom stereocenters. The molecule has 5 nitrogen and oxygen atoms in total. The molecule has 1 amide bonds. The Balaban J connectivity index is 1.30. The smallest absolute Gasteiger partial charge is 0.252 e. The van der Waals surface area contributed by atoms with E-state index in [-0.39, 0.29) is 11.5 Å². The molecular formula is C24H27N3O2S. The number of rotatable bonds is 7. The molecule has 0 spiro atoms. The first-order valence-corrected chi connectivity index (χ1v) is 11.5. The first-order chi connectivity index (χ1) is 14.7. The molecule has 0 fully saturated rings. The number of para-hydroxylation sites is 1. The Morgan fingerprint density at radius 3 is 2.70 bits per heavy atom. The summed E-state index contributed by atoms with van der Waals surface area (Å²) in [5.74, 6) is 0.309. The van der Waals surface area contributed by atoms with Crippen LogP contribution in [-0.2, 0) is 24.3 Å². The molecule has 1 aromatic heterocycles. The van der Waals surface area contributed by atoms with Crippen LogP contribution in [0.15, 0.2) is 64.3 Å². The lowest BCUT2D eigenvalue weighted by Gasteiger charge is -2.28. The monoisotopic (exact) mass is 421 g/mol. The van der Waals surface area contributed by atoms with Crippen molar-refractivity contribution in [2.45, 2.75) is 31.3 Å². The Morgan fingerprint density at radius 1 is 1.10 bits per heavy atom. The van der Waals surface area contributed by atoms with Gasteiger partial charge in [0.05, 0.1) is 11.3 Å². The van der Waals surface area contributed by atoms with Crippen LogP contribution in [0, 0.1) is 0 Å².